The molecule has 0 radical (unpaired) electrons. The van der Waals surface area contributed by atoms with Crippen LogP contribution in [0.15, 0.2) is 17.5 Å². The summed E-state index contributed by atoms with van der Waals surface area (Å²) < 4.78 is 9.22. The first-order valence-electron chi connectivity index (χ1n) is 4.26. The molecule has 6 heteroatoms. The Hall–Kier alpha value is -1.40. The molecule has 0 saturated carbocycles. The smallest absolute Gasteiger partial charge is 0.383 e. The standard InChI is InChI=1S/C9H11NO4S/c1-13-5-4-10-9(12)14-8(11)7-3-2-6-15-7/h2-3,6H,4-5H2,1H3,(H,10,12). The maximum Gasteiger partial charge on any atom is 0.415 e. The lowest BCUT2D eigenvalue weighted by Gasteiger charge is -2.03. The third-order valence-electron chi connectivity index (χ3n) is 1.48. The van der Waals surface area contributed by atoms with E-state index in [1.165, 1.54) is 18.4 Å². The summed E-state index contributed by atoms with van der Waals surface area (Å²) >= 11 is 1.22. The predicted molar refractivity (Wildman–Crippen MR) is 55.0 cm³/mol. The fraction of sp³-hybridized carbons (Fsp3) is 0.333. The molecule has 1 rings (SSSR count). The molecule has 0 aliphatic rings. The van der Waals surface area contributed by atoms with Gasteiger partial charge in [-0.2, -0.15) is 0 Å². The monoisotopic (exact) mass is 229 g/mol. The Kier molecular flexibility index (Phi) is 4.79. The van der Waals surface area contributed by atoms with E-state index in [0.717, 1.165) is 0 Å². The number of ether oxygens (including phenoxy) is 2. The molecule has 0 bridgehead atoms. The van der Waals surface area contributed by atoms with Crippen LogP contribution in [0.1, 0.15) is 9.67 Å². The normalized spacial score (nSPS) is 9.67. The summed E-state index contributed by atoms with van der Waals surface area (Å²) in [6, 6.07) is 3.31. The largest absolute Gasteiger partial charge is 0.415 e. The summed E-state index contributed by atoms with van der Waals surface area (Å²) in [6.07, 6.45) is -0.759. The van der Waals surface area contributed by atoms with Crippen molar-refractivity contribution in [1.29, 1.82) is 0 Å². The van der Waals surface area contributed by atoms with Crippen LogP contribution in [-0.2, 0) is 9.47 Å². The Morgan fingerprint density at radius 2 is 2.33 bits per heavy atom. The average Bonchev–Trinajstić information content (AvgIpc) is 2.70. The molecule has 1 amide bonds. The van der Waals surface area contributed by atoms with Crippen molar-refractivity contribution in [3.63, 3.8) is 0 Å². The Balaban J connectivity index is 2.29. The first-order valence-corrected chi connectivity index (χ1v) is 5.14. The van der Waals surface area contributed by atoms with Gasteiger partial charge in [0, 0.05) is 13.7 Å². The zero-order valence-corrected chi connectivity index (χ0v) is 9.00. The number of methoxy groups -OCH3 is 1. The van der Waals surface area contributed by atoms with Gasteiger partial charge < -0.3 is 14.8 Å². The second-order valence-electron chi connectivity index (χ2n) is 2.57. The van der Waals surface area contributed by atoms with Gasteiger partial charge in [-0.25, -0.2) is 9.59 Å². The molecule has 0 fully saturated rings. The zero-order chi connectivity index (χ0) is 11.1. The number of esters is 1. The van der Waals surface area contributed by atoms with Crippen molar-refractivity contribution in [1.82, 2.24) is 5.32 Å². The number of hydrogen-bond acceptors (Lipinski definition) is 5. The summed E-state index contributed by atoms with van der Waals surface area (Å²) in [5.74, 6) is -0.639. The van der Waals surface area contributed by atoms with Gasteiger partial charge in [-0.1, -0.05) is 6.07 Å². The maximum absolute atomic E-state index is 11.2. The fourth-order valence-corrected chi connectivity index (χ4v) is 1.42. The predicted octanol–water partition coefficient (Wildman–Crippen LogP) is 1.26. The fourth-order valence-electron chi connectivity index (χ4n) is 0.820. The van der Waals surface area contributed by atoms with Crippen molar-refractivity contribution in [3.05, 3.63) is 22.4 Å². The van der Waals surface area contributed by atoms with E-state index in [4.69, 9.17) is 4.74 Å². The lowest BCUT2D eigenvalue weighted by atomic mass is 10.5. The van der Waals surface area contributed by atoms with Crippen molar-refractivity contribution >= 4 is 23.4 Å². The third kappa shape index (κ3) is 4.09. The topological polar surface area (TPSA) is 64.6 Å². The summed E-state index contributed by atoms with van der Waals surface area (Å²) in [4.78, 5) is 22.7. The van der Waals surface area contributed by atoms with Crippen LogP contribution in [0.3, 0.4) is 0 Å². The van der Waals surface area contributed by atoms with E-state index in [9.17, 15) is 9.59 Å². The van der Waals surface area contributed by atoms with Gasteiger partial charge in [-0.05, 0) is 11.4 Å². The van der Waals surface area contributed by atoms with Crippen molar-refractivity contribution in [2.75, 3.05) is 20.3 Å². The van der Waals surface area contributed by atoms with Gasteiger partial charge in [0.1, 0.15) is 4.88 Å². The summed E-state index contributed by atoms with van der Waals surface area (Å²) in [5.41, 5.74) is 0. The summed E-state index contributed by atoms with van der Waals surface area (Å²) in [5, 5.41) is 4.11. The molecule has 1 aromatic heterocycles. The van der Waals surface area contributed by atoms with Gasteiger partial charge >= 0.3 is 12.1 Å². The molecule has 0 unspecified atom stereocenters. The lowest BCUT2D eigenvalue weighted by Crippen LogP contribution is -2.29. The number of hydrogen-bond donors (Lipinski definition) is 1. The Bertz CT molecular complexity index is 323. The van der Waals surface area contributed by atoms with Crippen LogP contribution in [0.25, 0.3) is 0 Å². The number of nitrogens with one attached hydrogen (secondary N) is 1. The zero-order valence-electron chi connectivity index (χ0n) is 8.19. The van der Waals surface area contributed by atoms with Crippen molar-refractivity contribution < 1.29 is 19.1 Å². The first kappa shape index (κ1) is 11.7. The van der Waals surface area contributed by atoms with Gasteiger partial charge in [0.05, 0.1) is 6.61 Å². The second kappa shape index (κ2) is 6.15. The Morgan fingerprint density at radius 1 is 1.53 bits per heavy atom. The molecular formula is C9H11NO4S. The molecule has 1 heterocycles. The number of thiophene rings is 1. The molecule has 5 nitrogen and oxygen atoms in total. The molecular weight excluding hydrogens is 218 g/mol. The molecule has 1 aromatic rings. The van der Waals surface area contributed by atoms with Crippen LogP contribution in [0.5, 0.6) is 0 Å². The summed E-state index contributed by atoms with van der Waals surface area (Å²) in [6.45, 7) is 0.690. The number of alkyl carbamates (subject to hydrolysis) is 1. The van der Waals surface area contributed by atoms with Crippen molar-refractivity contribution in [2.24, 2.45) is 0 Å². The van der Waals surface area contributed by atoms with Gasteiger partial charge in [0.15, 0.2) is 0 Å². The van der Waals surface area contributed by atoms with Crippen LogP contribution >= 0.6 is 11.3 Å². The Labute approximate surface area is 91.0 Å². The molecule has 0 spiro atoms. The highest BCUT2D eigenvalue weighted by Crippen LogP contribution is 2.09. The van der Waals surface area contributed by atoms with Gasteiger partial charge in [0.2, 0.25) is 0 Å². The van der Waals surface area contributed by atoms with Gasteiger partial charge in [-0.15, -0.1) is 11.3 Å². The van der Waals surface area contributed by atoms with E-state index in [-0.39, 0.29) is 0 Å². The van der Waals surface area contributed by atoms with E-state index in [1.54, 1.807) is 17.5 Å². The van der Waals surface area contributed by atoms with Crippen molar-refractivity contribution in [3.8, 4) is 0 Å². The molecule has 1 N–H and O–H groups in total. The number of rotatable bonds is 4. The first-order chi connectivity index (χ1) is 7.24. The molecule has 0 aromatic carbocycles. The quantitative estimate of drug-likeness (QED) is 0.479. The van der Waals surface area contributed by atoms with Crippen LogP contribution < -0.4 is 5.32 Å². The maximum atomic E-state index is 11.2. The Morgan fingerprint density at radius 3 is 2.93 bits per heavy atom. The van der Waals surface area contributed by atoms with Crippen LogP contribution in [0.2, 0.25) is 0 Å². The minimum absolute atomic E-state index is 0.313. The van der Waals surface area contributed by atoms with E-state index < -0.39 is 12.1 Å². The number of amides is 1. The van der Waals surface area contributed by atoms with Crippen LogP contribution in [0, 0.1) is 0 Å². The van der Waals surface area contributed by atoms with E-state index in [2.05, 4.69) is 10.1 Å². The molecule has 15 heavy (non-hydrogen) atoms. The third-order valence-corrected chi connectivity index (χ3v) is 2.33. The number of carbonyl (C=O) groups is 2. The highest BCUT2D eigenvalue weighted by atomic mass is 32.1. The molecule has 82 valence electrons. The highest BCUT2D eigenvalue weighted by molar-refractivity contribution is 7.12. The van der Waals surface area contributed by atoms with E-state index in [0.29, 0.717) is 18.0 Å². The highest BCUT2D eigenvalue weighted by Gasteiger charge is 2.12. The lowest BCUT2D eigenvalue weighted by molar-refractivity contribution is 0.0623. The van der Waals surface area contributed by atoms with E-state index in [1.807, 2.05) is 0 Å². The van der Waals surface area contributed by atoms with Crippen LogP contribution in [0.4, 0.5) is 4.79 Å². The molecule has 0 aliphatic carbocycles. The number of carbonyl (C=O) groups excluding carboxylic acids is 2. The molecule has 0 aliphatic heterocycles. The van der Waals surface area contributed by atoms with Crippen LogP contribution in [-0.4, -0.2) is 32.3 Å². The molecule has 0 atom stereocenters. The SMILES string of the molecule is COCCNC(=O)OC(=O)c1cccs1. The van der Waals surface area contributed by atoms with Gasteiger partial charge in [0.25, 0.3) is 0 Å². The summed E-state index contributed by atoms with van der Waals surface area (Å²) in [7, 11) is 1.52. The van der Waals surface area contributed by atoms with Gasteiger partial charge in [-0.3, -0.25) is 0 Å². The minimum atomic E-state index is -0.759. The minimum Gasteiger partial charge on any atom is -0.383 e. The second-order valence-corrected chi connectivity index (χ2v) is 3.52. The van der Waals surface area contributed by atoms with E-state index >= 15 is 0 Å². The van der Waals surface area contributed by atoms with Crippen molar-refractivity contribution in [2.45, 2.75) is 0 Å². The average molecular weight is 229 g/mol. The molecule has 0 saturated heterocycles.